The Hall–Kier alpha value is -0.480. The monoisotopic (exact) mass is 156 g/mol. The number of nitrogens with one attached hydrogen (secondary N) is 1. The molecular weight excluding hydrogens is 148 g/mol. The molecule has 0 aliphatic carbocycles. The quantitative estimate of drug-likeness (QED) is 0.663. The van der Waals surface area contributed by atoms with Crippen LogP contribution in [0.3, 0.4) is 0 Å². The molecule has 10 heavy (non-hydrogen) atoms. The Kier molecular flexibility index (Phi) is 1.65. The summed E-state index contributed by atoms with van der Waals surface area (Å²) in [6, 6.07) is 0. The number of nitrogens with zero attached hydrogens (tertiary/aromatic N) is 1. The molecule has 0 spiro atoms. The topological polar surface area (TPSA) is 37.9 Å². The lowest BCUT2D eigenvalue weighted by Gasteiger charge is -2.02. The Morgan fingerprint density at radius 3 is 3.40 bits per heavy atom. The summed E-state index contributed by atoms with van der Waals surface area (Å²) in [5, 5.41) is 0. The molecule has 1 aromatic heterocycles. The minimum Gasteiger partial charge on any atom is -0.359 e. The molecule has 3 nitrogen and oxygen atoms in total. The van der Waals surface area contributed by atoms with Crippen molar-refractivity contribution in [2.45, 2.75) is 5.44 Å². The first-order chi connectivity index (χ1) is 4.97. The lowest BCUT2D eigenvalue weighted by molar-refractivity contribution is 0.139. The number of rotatable bonds is 1. The van der Waals surface area contributed by atoms with Gasteiger partial charge in [-0.1, -0.05) is 0 Å². The van der Waals surface area contributed by atoms with Gasteiger partial charge in [0.1, 0.15) is 5.82 Å². The highest BCUT2D eigenvalue weighted by Gasteiger charge is 2.19. The largest absolute Gasteiger partial charge is 0.359 e. The van der Waals surface area contributed by atoms with Crippen LogP contribution in [0.15, 0.2) is 12.4 Å². The van der Waals surface area contributed by atoms with E-state index in [-0.39, 0.29) is 5.44 Å². The van der Waals surface area contributed by atoms with Crippen LogP contribution in [-0.2, 0) is 4.74 Å². The molecule has 1 aliphatic heterocycles. The average Bonchev–Trinajstić information content (AvgIpc) is 2.59. The maximum absolute atomic E-state index is 5.37. The molecule has 2 rings (SSSR count). The molecule has 1 unspecified atom stereocenters. The van der Waals surface area contributed by atoms with Gasteiger partial charge in [0.05, 0.1) is 6.61 Å². The van der Waals surface area contributed by atoms with Gasteiger partial charge in [-0.15, -0.1) is 11.8 Å². The Morgan fingerprint density at radius 2 is 2.80 bits per heavy atom. The van der Waals surface area contributed by atoms with Gasteiger partial charge < -0.3 is 9.72 Å². The summed E-state index contributed by atoms with van der Waals surface area (Å²) in [4.78, 5) is 7.12. The summed E-state index contributed by atoms with van der Waals surface area (Å²) in [6.45, 7) is 0.843. The minimum absolute atomic E-state index is 0.148. The zero-order chi connectivity index (χ0) is 6.81. The van der Waals surface area contributed by atoms with Gasteiger partial charge in [0, 0.05) is 18.1 Å². The SMILES string of the molecule is c1c[nH]c(C2OCCS2)n1. The second-order valence-electron chi connectivity index (χ2n) is 2.05. The van der Waals surface area contributed by atoms with E-state index in [0.29, 0.717) is 0 Å². The zero-order valence-electron chi connectivity index (χ0n) is 5.41. The van der Waals surface area contributed by atoms with Crippen LogP contribution in [0.2, 0.25) is 0 Å². The number of ether oxygens (including phenoxy) is 1. The number of hydrogen-bond donors (Lipinski definition) is 1. The highest BCUT2D eigenvalue weighted by molar-refractivity contribution is 7.99. The first kappa shape index (κ1) is 6.24. The van der Waals surface area contributed by atoms with Crippen LogP contribution < -0.4 is 0 Å². The van der Waals surface area contributed by atoms with E-state index < -0.39 is 0 Å². The summed E-state index contributed by atoms with van der Waals surface area (Å²) in [5.74, 6) is 2.01. The standard InChI is InChI=1S/C6H8N2OS/c1-2-8-5(7-1)6-9-3-4-10-6/h1-2,6H,3-4H2,(H,7,8). The first-order valence-corrected chi connectivity index (χ1v) is 4.24. The highest BCUT2D eigenvalue weighted by Crippen LogP contribution is 2.32. The molecule has 0 saturated carbocycles. The minimum atomic E-state index is 0.148. The van der Waals surface area contributed by atoms with Crippen molar-refractivity contribution in [3.05, 3.63) is 18.2 Å². The Labute approximate surface area is 63.2 Å². The number of H-pyrrole nitrogens is 1. The summed E-state index contributed by atoms with van der Waals surface area (Å²) in [7, 11) is 0. The molecule has 2 heterocycles. The molecule has 1 saturated heterocycles. The van der Waals surface area contributed by atoms with E-state index in [1.807, 2.05) is 6.20 Å². The normalized spacial score (nSPS) is 25.4. The molecule has 1 fully saturated rings. The molecule has 1 atom stereocenters. The van der Waals surface area contributed by atoms with Gasteiger partial charge in [-0.25, -0.2) is 4.98 Å². The molecule has 4 heteroatoms. The lowest BCUT2D eigenvalue weighted by atomic mass is 10.6. The predicted octanol–water partition coefficient (Wildman–Crippen LogP) is 1.17. The number of thioether (sulfide) groups is 1. The predicted molar refractivity (Wildman–Crippen MR) is 39.7 cm³/mol. The van der Waals surface area contributed by atoms with Gasteiger partial charge in [-0.2, -0.15) is 0 Å². The second-order valence-corrected chi connectivity index (χ2v) is 3.22. The Morgan fingerprint density at radius 1 is 1.80 bits per heavy atom. The summed E-state index contributed by atoms with van der Waals surface area (Å²) < 4.78 is 5.37. The van der Waals surface area contributed by atoms with Gasteiger partial charge in [-0.3, -0.25) is 0 Å². The van der Waals surface area contributed by atoms with Crippen molar-refractivity contribution in [3.8, 4) is 0 Å². The third-order valence-corrected chi connectivity index (χ3v) is 2.43. The van der Waals surface area contributed by atoms with Gasteiger partial charge in [0.15, 0.2) is 5.44 Å². The van der Waals surface area contributed by atoms with Crippen LogP contribution in [0.4, 0.5) is 0 Å². The Bertz CT molecular complexity index is 194. The van der Waals surface area contributed by atoms with E-state index in [9.17, 15) is 0 Å². The van der Waals surface area contributed by atoms with Gasteiger partial charge in [-0.05, 0) is 0 Å². The molecule has 0 amide bonds. The van der Waals surface area contributed by atoms with Crippen molar-refractivity contribution in [2.24, 2.45) is 0 Å². The van der Waals surface area contributed by atoms with E-state index in [2.05, 4.69) is 9.97 Å². The number of aromatic amines is 1. The third kappa shape index (κ3) is 1.04. The summed E-state index contributed by atoms with van der Waals surface area (Å²) in [6.07, 6.45) is 3.56. The zero-order valence-corrected chi connectivity index (χ0v) is 6.23. The molecule has 54 valence electrons. The van der Waals surface area contributed by atoms with Gasteiger partial charge in [0.25, 0.3) is 0 Å². The fraction of sp³-hybridized carbons (Fsp3) is 0.500. The molecule has 1 aromatic rings. The van der Waals surface area contributed by atoms with Crippen molar-refractivity contribution in [3.63, 3.8) is 0 Å². The van der Waals surface area contributed by atoms with Crippen LogP contribution >= 0.6 is 11.8 Å². The van der Waals surface area contributed by atoms with Crippen LogP contribution in [0.5, 0.6) is 0 Å². The van der Waals surface area contributed by atoms with Crippen molar-refractivity contribution in [1.82, 2.24) is 9.97 Å². The lowest BCUT2D eigenvalue weighted by Crippen LogP contribution is -1.94. The van der Waals surface area contributed by atoms with Crippen LogP contribution in [0.25, 0.3) is 0 Å². The van der Waals surface area contributed by atoms with E-state index in [1.165, 1.54) is 0 Å². The third-order valence-electron chi connectivity index (χ3n) is 1.36. The second kappa shape index (κ2) is 2.64. The first-order valence-electron chi connectivity index (χ1n) is 3.19. The smallest absolute Gasteiger partial charge is 0.161 e. The summed E-state index contributed by atoms with van der Waals surface area (Å²) in [5.41, 5.74) is 0.148. The van der Waals surface area contributed by atoms with Crippen LogP contribution in [-0.4, -0.2) is 22.3 Å². The highest BCUT2D eigenvalue weighted by atomic mass is 32.2. The van der Waals surface area contributed by atoms with Crippen molar-refractivity contribution in [2.75, 3.05) is 12.4 Å². The van der Waals surface area contributed by atoms with Crippen molar-refractivity contribution in [1.29, 1.82) is 0 Å². The van der Waals surface area contributed by atoms with Gasteiger partial charge >= 0.3 is 0 Å². The van der Waals surface area contributed by atoms with Crippen LogP contribution in [0, 0.1) is 0 Å². The number of hydrogen-bond acceptors (Lipinski definition) is 3. The molecule has 1 N–H and O–H groups in total. The molecule has 0 radical (unpaired) electrons. The van der Waals surface area contributed by atoms with Crippen molar-refractivity contribution >= 4 is 11.8 Å². The van der Waals surface area contributed by atoms with Gasteiger partial charge in [0.2, 0.25) is 0 Å². The maximum atomic E-state index is 5.37. The maximum Gasteiger partial charge on any atom is 0.161 e. The van der Waals surface area contributed by atoms with E-state index in [4.69, 9.17) is 4.74 Å². The molecular formula is C6H8N2OS. The summed E-state index contributed by atoms with van der Waals surface area (Å²) >= 11 is 1.78. The van der Waals surface area contributed by atoms with Crippen molar-refractivity contribution < 1.29 is 4.74 Å². The molecule has 0 aromatic carbocycles. The van der Waals surface area contributed by atoms with E-state index in [0.717, 1.165) is 18.2 Å². The number of imidazole rings is 1. The van der Waals surface area contributed by atoms with Crippen LogP contribution in [0.1, 0.15) is 11.3 Å². The molecule has 0 bridgehead atoms. The van der Waals surface area contributed by atoms with E-state index in [1.54, 1.807) is 18.0 Å². The van der Waals surface area contributed by atoms with E-state index >= 15 is 0 Å². The Balaban J connectivity index is 2.12. The average molecular weight is 156 g/mol. The fourth-order valence-corrected chi connectivity index (χ4v) is 1.81. The fourth-order valence-electron chi connectivity index (χ4n) is 0.923. The number of aromatic nitrogens is 2. The molecule has 1 aliphatic rings.